The third-order valence-electron chi connectivity index (χ3n) is 3.07. The van der Waals surface area contributed by atoms with Crippen LogP contribution >= 0.6 is 50.9 Å². The molecule has 25 heavy (non-hydrogen) atoms. The number of thioether (sulfide) groups is 1. The molecule has 0 spiro atoms. The molecule has 0 saturated carbocycles. The van der Waals surface area contributed by atoms with Gasteiger partial charge in [-0.1, -0.05) is 51.3 Å². The first-order valence-electron chi connectivity index (χ1n) is 7.28. The van der Waals surface area contributed by atoms with Crippen molar-refractivity contribution in [1.82, 2.24) is 5.32 Å². The molecule has 2 amide bonds. The molecule has 0 aromatic heterocycles. The van der Waals surface area contributed by atoms with E-state index in [2.05, 4.69) is 26.6 Å². The van der Waals surface area contributed by atoms with Gasteiger partial charge in [-0.2, -0.15) is 0 Å². The second-order valence-corrected chi connectivity index (χ2v) is 7.81. The third-order valence-corrected chi connectivity index (χ3v) is 5.08. The number of hydrogen-bond acceptors (Lipinski definition) is 3. The predicted octanol–water partition coefficient (Wildman–Crippen LogP) is 4.74. The van der Waals surface area contributed by atoms with Crippen LogP contribution in [-0.2, 0) is 16.1 Å². The largest absolute Gasteiger partial charge is 0.351 e. The minimum Gasteiger partial charge on any atom is -0.351 e. The Hall–Kier alpha value is -1.21. The standard InChI is InChI=1S/C17H15BrCl2N2O2S/c18-12-2-1-3-14(6-12)22-17(24)10-25-9-16(23)21-8-11-4-5-13(19)7-15(11)20/h1-7H,8-10H2,(H,21,23)(H,22,24). The van der Waals surface area contributed by atoms with Crippen molar-refractivity contribution in [1.29, 1.82) is 0 Å². The van der Waals surface area contributed by atoms with Gasteiger partial charge in [0.1, 0.15) is 0 Å². The number of carbonyl (C=O) groups excluding carboxylic acids is 2. The van der Waals surface area contributed by atoms with E-state index in [1.165, 1.54) is 11.8 Å². The summed E-state index contributed by atoms with van der Waals surface area (Å²) in [7, 11) is 0. The van der Waals surface area contributed by atoms with E-state index in [-0.39, 0.29) is 23.3 Å². The molecule has 8 heteroatoms. The first-order valence-corrected chi connectivity index (χ1v) is 9.98. The van der Waals surface area contributed by atoms with Crippen molar-refractivity contribution in [2.45, 2.75) is 6.54 Å². The minimum absolute atomic E-state index is 0.156. The topological polar surface area (TPSA) is 58.2 Å². The highest BCUT2D eigenvalue weighted by Crippen LogP contribution is 2.20. The minimum atomic E-state index is -0.161. The molecule has 132 valence electrons. The number of halogens is 3. The molecule has 0 bridgehead atoms. The van der Waals surface area contributed by atoms with E-state index < -0.39 is 0 Å². The van der Waals surface area contributed by atoms with Gasteiger partial charge in [-0.15, -0.1) is 11.8 Å². The van der Waals surface area contributed by atoms with Gasteiger partial charge < -0.3 is 10.6 Å². The quantitative estimate of drug-likeness (QED) is 0.625. The van der Waals surface area contributed by atoms with Crippen LogP contribution in [-0.4, -0.2) is 23.3 Å². The van der Waals surface area contributed by atoms with Gasteiger partial charge in [-0.3, -0.25) is 9.59 Å². The molecule has 2 aromatic carbocycles. The van der Waals surface area contributed by atoms with Crippen molar-refractivity contribution >= 4 is 68.4 Å². The maximum atomic E-state index is 11.9. The Morgan fingerprint density at radius 1 is 1.04 bits per heavy atom. The smallest absolute Gasteiger partial charge is 0.234 e. The fraction of sp³-hybridized carbons (Fsp3) is 0.176. The van der Waals surface area contributed by atoms with E-state index >= 15 is 0 Å². The monoisotopic (exact) mass is 460 g/mol. The average Bonchev–Trinajstić information content (AvgIpc) is 2.54. The fourth-order valence-electron chi connectivity index (χ4n) is 1.91. The summed E-state index contributed by atoms with van der Waals surface area (Å²) in [4.78, 5) is 23.7. The van der Waals surface area contributed by atoms with Gasteiger partial charge in [0.2, 0.25) is 11.8 Å². The summed E-state index contributed by atoms with van der Waals surface area (Å²) < 4.78 is 0.887. The molecular weight excluding hydrogens is 447 g/mol. The van der Waals surface area contributed by atoms with Crippen molar-refractivity contribution in [2.75, 3.05) is 16.8 Å². The van der Waals surface area contributed by atoms with E-state index in [1.807, 2.05) is 18.2 Å². The predicted molar refractivity (Wildman–Crippen MR) is 108 cm³/mol. The SMILES string of the molecule is O=C(CSCC(=O)Nc1cccc(Br)c1)NCc1ccc(Cl)cc1Cl. The summed E-state index contributed by atoms with van der Waals surface area (Å²) in [6, 6.07) is 12.4. The highest BCUT2D eigenvalue weighted by Gasteiger charge is 2.08. The van der Waals surface area contributed by atoms with E-state index in [0.29, 0.717) is 22.3 Å². The number of nitrogens with one attached hydrogen (secondary N) is 2. The summed E-state index contributed by atoms with van der Waals surface area (Å²) in [5, 5.41) is 6.60. The molecule has 2 N–H and O–H groups in total. The number of benzene rings is 2. The van der Waals surface area contributed by atoms with E-state index in [9.17, 15) is 9.59 Å². The van der Waals surface area contributed by atoms with Crippen LogP contribution in [0.4, 0.5) is 5.69 Å². The van der Waals surface area contributed by atoms with Gasteiger partial charge in [0.05, 0.1) is 11.5 Å². The molecule has 2 aromatic rings. The molecule has 0 saturated heterocycles. The van der Waals surface area contributed by atoms with Crippen LogP contribution in [0.5, 0.6) is 0 Å². The molecule has 0 unspecified atom stereocenters. The average molecular weight is 462 g/mol. The zero-order valence-corrected chi connectivity index (χ0v) is 16.9. The van der Waals surface area contributed by atoms with Crippen LogP contribution in [0.3, 0.4) is 0 Å². The van der Waals surface area contributed by atoms with E-state index in [1.54, 1.807) is 24.3 Å². The Morgan fingerprint density at radius 3 is 2.52 bits per heavy atom. The molecule has 0 atom stereocenters. The number of carbonyl (C=O) groups is 2. The molecule has 0 heterocycles. The normalized spacial score (nSPS) is 10.4. The first kappa shape index (κ1) is 20.1. The van der Waals surface area contributed by atoms with Gasteiger partial charge in [-0.25, -0.2) is 0 Å². The van der Waals surface area contributed by atoms with Crippen LogP contribution in [0, 0.1) is 0 Å². The van der Waals surface area contributed by atoms with Crippen molar-refractivity contribution in [3.8, 4) is 0 Å². The molecule has 0 radical (unpaired) electrons. The van der Waals surface area contributed by atoms with Crippen molar-refractivity contribution in [3.63, 3.8) is 0 Å². The molecule has 4 nitrogen and oxygen atoms in total. The van der Waals surface area contributed by atoms with Crippen LogP contribution < -0.4 is 10.6 Å². The summed E-state index contributed by atoms with van der Waals surface area (Å²) in [5.41, 5.74) is 1.50. The Bertz CT molecular complexity index is 774. The Labute approximate surface area is 168 Å². The lowest BCUT2D eigenvalue weighted by atomic mass is 10.2. The summed E-state index contributed by atoms with van der Waals surface area (Å²) in [5.74, 6) is 0.0709. The van der Waals surface area contributed by atoms with Gasteiger partial charge in [0.25, 0.3) is 0 Å². The second-order valence-electron chi connectivity index (χ2n) is 5.06. The van der Waals surface area contributed by atoms with Crippen molar-refractivity contribution < 1.29 is 9.59 Å². The molecular formula is C17H15BrCl2N2O2S. The first-order chi connectivity index (χ1) is 11.9. The number of hydrogen-bond donors (Lipinski definition) is 2. The summed E-state index contributed by atoms with van der Waals surface area (Å²) >= 11 is 16.5. The molecule has 0 fully saturated rings. The van der Waals surface area contributed by atoms with E-state index in [0.717, 1.165) is 10.0 Å². The van der Waals surface area contributed by atoms with Crippen LogP contribution in [0.15, 0.2) is 46.9 Å². The zero-order chi connectivity index (χ0) is 18.2. The third kappa shape index (κ3) is 7.28. The van der Waals surface area contributed by atoms with Crippen LogP contribution in [0.2, 0.25) is 10.0 Å². The summed E-state index contributed by atoms with van der Waals surface area (Å²) in [6.07, 6.45) is 0. The van der Waals surface area contributed by atoms with Crippen LogP contribution in [0.1, 0.15) is 5.56 Å². The lowest BCUT2D eigenvalue weighted by molar-refractivity contribution is -0.118. The van der Waals surface area contributed by atoms with Gasteiger partial charge >= 0.3 is 0 Å². The second kappa shape index (κ2) is 10.1. The number of amides is 2. The van der Waals surface area contributed by atoms with Gasteiger partial charge in [-0.05, 0) is 35.9 Å². The van der Waals surface area contributed by atoms with Gasteiger partial charge in [0.15, 0.2) is 0 Å². The highest BCUT2D eigenvalue weighted by molar-refractivity contribution is 9.10. The lowest BCUT2D eigenvalue weighted by Gasteiger charge is -2.08. The Morgan fingerprint density at radius 2 is 1.80 bits per heavy atom. The van der Waals surface area contributed by atoms with Crippen LogP contribution in [0.25, 0.3) is 0 Å². The number of rotatable bonds is 7. The molecule has 0 aliphatic carbocycles. The molecule has 0 aliphatic rings. The molecule has 2 rings (SSSR count). The Kier molecular flexibility index (Phi) is 8.09. The van der Waals surface area contributed by atoms with Crippen molar-refractivity contribution in [2.24, 2.45) is 0 Å². The maximum absolute atomic E-state index is 11.9. The highest BCUT2D eigenvalue weighted by atomic mass is 79.9. The fourth-order valence-corrected chi connectivity index (χ4v) is 3.43. The zero-order valence-electron chi connectivity index (χ0n) is 13.0. The Balaban J connectivity index is 1.68. The maximum Gasteiger partial charge on any atom is 0.234 e. The van der Waals surface area contributed by atoms with E-state index in [4.69, 9.17) is 23.2 Å². The summed E-state index contributed by atoms with van der Waals surface area (Å²) in [6.45, 7) is 0.319. The van der Waals surface area contributed by atoms with Crippen molar-refractivity contribution in [3.05, 3.63) is 62.5 Å². The lowest BCUT2D eigenvalue weighted by Crippen LogP contribution is -2.25. The molecule has 0 aliphatic heterocycles. The van der Waals surface area contributed by atoms with Gasteiger partial charge in [0, 0.05) is 26.8 Å². The number of anilines is 1.